The highest BCUT2D eigenvalue weighted by atomic mass is 32.2. The minimum absolute atomic E-state index is 0.0162. The molecule has 38 heavy (non-hydrogen) atoms. The third-order valence-corrected chi connectivity index (χ3v) is 8.27. The van der Waals surface area contributed by atoms with E-state index in [9.17, 15) is 13.8 Å². The van der Waals surface area contributed by atoms with Gasteiger partial charge in [-0.1, -0.05) is 26.2 Å². The number of aryl methyl sites for hydroxylation is 1. The lowest BCUT2D eigenvalue weighted by Crippen LogP contribution is -2.27. The predicted octanol–water partition coefficient (Wildman–Crippen LogP) is 4.91. The third-order valence-electron chi connectivity index (χ3n) is 7.10. The van der Waals surface area contributed by atoms with E-state index >= 15 is 4.39 Å². The van der Waals surface area contributed by atoms with E-state index in [1.165, 1.54) is 35.4 Å². The van der Waals surface area contributed by atoms with E-state index in [2.05, 4.69) is 10.4 Å². The van der Waals surface area contributed by atoms with Gasteiger partial charge in [0.15, 0.2) is 0 Å². The fraction of sp³-hybridized carbons (Fsp3) is 0.444. The van der Waals surface area contributed by atoms with Gasteiger partial charge in [-0.2, -0.15) is 4.68 Å². The summed E-state index contributed by atoms with van der Waals surface area (Å²) >= 11 is 0. The summed E-state index contributed by atoms with van der Waals surface area (Å²) in [5, 5.41) is 6.99. The molecule has 0 spiro atoms. The molecule has 1 heterocycles. The number of carbonyl (C=O) groups excluding carboxylic acids is 1. The van der Waals surface area contributed by atoms with Gasteiger partial charge in [-0.3, -0.25) is 9.36 Å². The van der Waals surface area contributed by atoms with Gasteiger partial charge in [0.05, 0.1) is 21.4 Å². The fourth-order valence-corrected chi connectivity index (χ4v) is 5.47. The Labute approximate surface area is 222 Å². The lowest BCUT2D eigenvalue weighted by Gasteiger charge is -2.29. The van der Waals surface area contributed by atoms with Crippen LogP contribution in [0.15, 0.2) is 46.1 Å². The molecule has 0 radical (unpaired) electrons. The molecule has 2 N–H and O–H groups in total. The van der Waals surface area contributed by atoms with Crippen LogP contribution in [0.2, 0.25) is 0 Å². The van der Waals surface area contributed by atoms with Crippen molar-refractivity contribution in [2.75, 3.05) is 11.6 Å². The Morgan fingerprint density at radius 3 is 2.47 bits per heavy atom. The van der Waals surface area contributed by atoms with Gasteiger partial charge in [-0.05, 0) is 56.0 Å². The van der Waals surface area contributed by atoms with Gasteiger partial charge in [-0.25, -0.2) is 18.2 Å². The SMILES string of the molecule is CCc1nn(-c2cc(O[C@@H](C)C3CCCCC3)c(C(=O)Nc3ccc(S(C)(=N)=O)cc3)cc2F)c(=O)n1C. The van der Waals surface area contributed by atoms with Gasteiger partial charge in [0.1, 0.15) is 23.1 Å². The summed E-state index contributed by atoms with van der Waals surface area (Å²) in [4.78, 5) is 26.4. The van der Waals surface area contributed by atoms with Crippen molar-refractivity contribution in [3.8, 4) is 11.4 Å². The Hall–Kier alpha value is -3.47. The maximum Gasteiger partial charge on any atom is 0.350 e. The quantitative estimate of drug-likeness (QED) is 0.419. The zero-order chi connectivity index (χ0) is 27.6. The van der Waals surface area contributed by atoms with Crippen molar-refractivity contribution in [3.63, 3.8) is 0 Å². The van der Waals surface area contributed by atoms with Crippen molar-refractivity contribution >= 4 is 21.3 Å². The average molecular weight is 544 g/mol. The summed E-state index contributed by atoms with van der Waals surface area (Å²) in [6.45, 7) is 3.80. The lowest BCUT2D eigenvalue weighted by atomic mass is 9.86. The molecule has 1 aliphatic rings. The van der Waals surface area contributed by atoms with Crippen LogP contribution >= 0.6 is 0 Å². The minimum Gasteiger partial charge on any atom is -0.490 e. The molecular formula is C27H34FN5O4S. The molecule has 9 nitrogen and oxygen atoms in total. The highest BCUT2D eigenvalue weighted by Crippen LogP contribution is 2.32. The zero-order valence-corrected chi connectivity index (χ0v) is 22.9. The number of aromatic nitrogens is 3. The molecule has 2 aromatic carbocycles. The van der Waals surface area contributed by atoms with Crippen LogP contribution in [0.25, 0.3) is 5.69 Å². The number of nitrogens with zero attached hydrogens (tertiary/aromatic N) is 3. The maximum atomic E-state index is 15.4. The number of carbonyl (C=O) groups is 1. The van der Waals surface area contributed by atoms with Gasteiger partial charge in [0.25, 0.3) is 5.91 Å². The Morgan fingerprint density at radius 1 is 1.24 bits per heavy atom. The Kier molecular flexibility index (Phi) is 8.05. The van der Waals surface area contributed by atoms with Crippen LogP contribution in [0.5, 0.6) is 5.75 Å². The standard InChI is InChI=1S/C27H34FN5O4S/c1-5-25-31-33(27(35)32(25)3)23-16-24(37-17(2)18-9-7-6-8-10-18)21(15-22(23)28)26(34)30-19-11-13-20(14-12-19)38(4,29)36/h11-18,29H,5-10H2,1-4H3,(H,30,34)/t17-,38?/m0/s1. The summed E-state index contributed by atoms with van der Waals surface area (Å²) in [5.74, 6) is -0.419. The lowest BCUT2D eigenvalue weighted by molar-refractivity contribution is 0.0997. The summed E-state index contributed by atoms with van der Waals surface area (Å²) < 4.78 is 43.7. The number of hydrogen-bond acceptors (Lipinski definition) is 6. The second kappa shape index (κ2) is 11.1. The van der Waals surface area contributed by atoms with Gasteiger partial charge in [0.2, 0.25) is 0 Å². The number of nitrogens with one attached hydrogen (secondary N) is 2. The fourth-order valence-electron chi connectivity index (χ4n) is 4.82. The molecule has 1 saturated carbocycles. The smallest absolute Gasteiger partial charge is 0.350 e. The van der Waals surface area contributed by atoms with Crippen LogP contribution in [-0.4, -0.2) is 36.8 Å². The van der Waals surface area contributed by atoms with E-state index < -0.39 is 27.1 Å². The molecule has 11 heteroatoms. The Bertz CT molecular complexity index is 1490. The molecule has 204 valence electrons. The van der Waals surface area contributed by atoms with Gasteiger partial charge in [0, 0.05) is 36.4 Å². The molecule has 2 atom stereocenters. The van der Waals surface area contributed by atoms with Crippen molar-refractivity contribution in [2.45, 2.75) is 63.4 Å². The number of halogens is 1. The number of ether oxygens (including phenoxy) is 1. The largest absolute Gasteiger partial charge is 0.490 e. The highest BCUT2D eigenvalue weighted by Gasteiger charge is 2.26. The monoisotopic (exact) mass is 543 g/mol. The first-order valence-electron chi connectivity index (χ1n) is 12.8. The first-order chi connectivity index (χ1) is 18.0. The third kappa shape index (κ3) is 5.82. The molecular weight excluding hydrogens is 509 g/mol. The molecule has 4 rings (SSSR count). The van der Waals surface area contributed by atoms with Crippen LogP contribution in [0, 0.1) is 16.5 Å². The van der Waals surface area contributed by atoms with Crippen LogP contribution in [0.3, 0.4) is 0 Å². The van der Waals surface area contributed by atoms with Crippen LogP contribution < -0.4 is 15.7 Å². The van der Waals surface area contributed by atoms with Crippen molar-refractivity contribution in [1.29, 1.82) is 4.78 Å². The molecule has 1 amide bonds. The summed E-state index contributed by atoms with van der Waals surface area (Å²) in [7, 11) is -1.31. The van der Waals surface area contributed by atoms with Gasteiger partial charge >= 0.3 is 5.69 Å². The normalized spacial score (nSPS) is 16.6. The maximum absolute atomic E-state index is 15.4. The molecule has 1 aromatic heterocycles. The zero-order valence-electron chi connectivity index (χ0n) is 22.1. The number of benzene rings is 2. The number of hydrogen-bond donors (Lipinski definition) is 2. The molecule has 0 saturated heterocycles. The average Bonchev–Trinajstić information content (AvgIpc) is 3.18. The molecule has 0 aliphatic heterocycles. The second-order valence-electron chi connectivity index (χ2n) is 9.87. The van der Waals surface area contributed by atoms with E-state index in [0.29, 0.717) is 28.7 Å². The Balaban J connectivity index is 1.72. The van der Waals surface area contributed by atoms with E-state index in [-0.39, 0.29) is 23.1 Å². The second-order valence-corrected chi connectivity index (χ2v) is 12.0. The van der Waals surface area contributed by atoms with Crippen LogP contribution in [-0.2, 0) is 23.2 Å². The topological polar surface area (TPSA) is 119 Å². The summed E-state index contributed by atoms with van der Waals surface area (Å²) in [6.07, 6.45) is 7.03. The van der Waals surface area contributed by atoms with Crippen molar-refractivity contribution in [3.05, 3.63) is 64.1 Å². The molecule has 1 aliphatic carbocycles. The van der Waals surface area contributed by atoms with Gasteiger partial charge < -0.3 is 10.1 Å². The van der Waals surface area contributed by atoms with Crippen molar-refractivity contribution < 1.29 is 18.1 Å². The number of rotatable bonds is 8. The first kappa shape index (κ1) is 27.6. The van der Waals surface area contributed by atoms with E-state index in [0.717, 1.165) is 36.4 Å². The predicted molar refractivity (Wildman–Crippen MR) is 144 cm³/mol. The number of anilines is 1. The highest BCUT2D eigenvalue weighted by molar-refractivity contribution is 7.91. The molecule has 1 unspecified atom stereocenters. The molecule has 3 aromatic rings. The minimum atomic E-state index is -2.89. The summed E-state index contributed by atoms with van der Waals surface area (Å²) in [5.41, 5.74) is -0.208. The first-order valence-corrected chi connectivity index (χ1v) is 14.8. The van der Waals surface area contributed by atoms with Crippen LogP contribution in [0.4, 0.5) is 10.1 Å². The van der Waals surface area contributed by atoms with Crippen LogP contribution in [0.1, 0.15) is 62.1 Å². The number of amides is 1. The van der Waals surface area contributed by atoms with Crippen molar-refractivity contribution in [1.82, 2.24) is 14.3 Å². The van der Waals surface area contributed by atoms with Gasteiger partial charge in [-0.15, -0.1) is 5.10 Å². The Morgan fingerprint density at radius 2 is 1.89 bits per heavy atom. The van der Waals surface area contributed by atoms with E-state index in [1.807, 2.05) is 13.8 Å². The van der Waals surface area contributed by atoms with Crippen molar-refractivity contribution in [2.24, 2.45) is 13.0 Å². The molecule has 1 fully saturated rings. The van der Waals surface area contributed by atoms with E-state index in [1.54, 1.807) is 19.2 Å². The molecule has 0 bridgehead atoms. The summed E-state index contributed by atoms with van der Waals surface area (Å²) in [6, 6.07) is 8.54. The van der Waals surface area contributed by atoms with E-state index in [4.69, 9.17) is 9.52 Å².